The van der Waals surface area contributed by atoms with Crippen LogP contribution in [0.5, 0.6) is 5.75 Å². The fourth-order valence-corrected chi connectivity index (χ4v) is 2.46. The summed E-state index contributed by atoms with van der Waals surface area (Å²) in [5.74, 6) is 1.68. The molecule has 0 aliphatic carbocycles. The molecule has 1 unspecified atom stereocenters. The first kappa shape index (κ1) is 13.4. The van der Waals surface area contributed by atoms with Crippen LogP contribution in [0.3, 0.4) is 0 Å². The Morgan fingerprint density at radius 2 is 2.10 bits per heavy atom. The van der Waals surface area contributed by atoms with E-state index in [0.29, 0.717) is 0 Å². The summed E-state index contributed by atoms with van der Waals surface area (Å²) in [6.45, 7) is 5.43. The monoisotopic (exact) mass is 276 g/mol. The number of hydrazine groups is 1. The van der Waals surface area contributed by atoms with Gasteiger partial charge < -0.3 is 13.9 Å². The number of hydrogen-bond donors (Lipinski definition) is 1. The number of hydrogen-bond acceptors (Lipinski definition) is 5. The van der Waals surface area contributed by atoms with Gasteiger partial charge in [-0.15, -0.1) is 0 Å². The summed E-state index contributed by atoms with van der Waals surface area (Å²) in [6, 6.07) is 8.10. The molecule has 108 valence electrons. The third-order valence-electron chi connectivity index (χ3n) is 3.56. The zero-order valence-corrected chi connectivity index (χ0v) is 11.9. The van der Waals surface area contributed by atoms with Crippen molar-refractivity contribution in [1.82, 2.24) is 10.4 Å². The van der Waals surface area contributed by atoms with Crippen molar-refractivity contribution in [2.24, 2.45) is 0 Å². The molecule has 2 aromatic rings. The normalized spacial score (nSPS) is 18.3. The number of nitrogens with one attached hydrogen (secondary N) is 1. The number of nitrogens with zero attached hydrogens (tertiary/aromatic N) is 1. The zero-order chi connectivity index (χ0) is 13.9. The van der Waals surface area contributed by atoms with E-state index in [1.54, 1.807) is 7.11 Å². The van der Waals surface area contributed by atoms with Crippen LogP contribution in [0.15, 0.2) is 28.7 Å². The first-order valence-corrected chi connectivity index (χ1v) is 6.93. The van der Waals surface area contributed by atoms with E-state index in [0.717, 1.165) is 48.8 Å². The van der Waals surface area contributed by atoms with Crippen LogP contribution in [-0.4, -0.2) is 38.4 Å². The second-order valence-corrected chi connectivity index (χ2v) is 4.98. The second kappa shape index (κ2) is 5.83. The van der Waals surface area contributed by atoms with E-state index in [9.17, 15) is 0 Å². The number of morpholine rings is 1. The van der Waals surface area contributed by atoms with Crippen LogP contribution < -0.4 is 10.2 Å². The standard InChI is InChI=1S/C15H20N2O3/c1-11(16-17-6-8-19-9-7-17)14-10-12-4-3-5-13(18-2)15(12)20-14/h3-5,10-11,16H,6-9H2,1-2H3. The van der Waals surface area contributed by atoms with Crippen LogP contribution in [0, 0.1) is 0 Å². The maximum atomic E-state index is 5.95. The lowest BCUT2D eigenvalue weighted by Crippen LogP contribution is -2.46. The van der Waals surface area contributed by atoms with Crippen molar-refractivity contribution in [2.75, 3.05) is 33.4 Å². The van der Waals surface area contributed by atoms with Gasteiger partial charge in [-0.25, -0.2) is 10.4 Å². The van der Waals surface area contributed by atoms with E-state index < -0.39 is 0 Å². The molecule has 5 heteroatoms. The summed E-state index contributed by atoms with van der Waals surface area (Å²) < 4.78 is 16.6. The Morgan fingerprint density at radius 3 is 2.85 bits per heavy atom. The lowest BCUT2D eigenvalue weighted by atomic mass is 10.2. The summed E-state index contributed by atoms with van der Waals surface area (Å²) in [6.07, 6.45) is 0. The van der Waals surface area contributed by atoms with E-state index in [4.69, 9.17) is 13.9 Å². The third-order valence-corrected chi connectivity index (χ3v) is 3.56. The molecule has 1 saturated heterocycles. The quantitative estimate of drug-likeness (QED) is 0.928. The molecule has 0 amide bonds. The molecule has 1 aliphatic rings. The van der Waals surface area contributed by atoms with Gasteiger partial charge in [-0.2, -0.15) is 0 Å². The van der Waals surface area contributed by atoms with Gasteiger partial charge in [0.25, 0.3) is 0 Å². The van der Waals surface area contributed by atoms with Gasteiger partial charge in [0.15, 0.2) is 11.3 Å². The zero-order valence-electron chi connectivity index (χ0n) is 11.9. The van der Waals surface area contributed by atoms with E-state index in [1.165, 1.54) is 0 Å². The van der Waals surface area contributed by atoms with Crippen molar-refractivity contribution in [3.63, 3.8) is 0 Å². The first-order valence-electron chi connectivity index (χ1n) is 6.93. The average Bonchev–Trinajstić information content (AvgIpc) is 2.92. The van der Waals surface area contributed by atoms with Crippen LogP contribution >= 0.6 is 0 Å². The molecule has 3 rings (SSSR count). The van der Waals surface area contributed by atoms with Crippen molar-refractivity contribution in [3.05, 3.63) is 30.0 Å². The maximum absolute atomic E-state index is 5.95. The molecule has 1 aliphatic heterocycles. The number of benzene rings is 1. The van der Waals surface area contributed by atoms with E-state index in [1.807, 2.05) is 18.2 Å². The molecule has 2 heterocycles. The first-order chi connectivity index (χ1) is 9.78. The number of methoxy groups -OCH3 is 1. The second-order valence-electron chi connectivity index (χ2n) is 4.98. The number of rotatable bonds is 4. The molecule has 1 atom stereocenters. The number of furan rings is 1. The smallest absolute Gasteiger partial charge is 0.176 e. The SMILES string of the molecule is COc1cccc2cc(C(C)NN3CCOCC3)oc12. The Bertz CT molecular complexity index is 576. The lowest BCUT2D eigenvalue weighted by molar-refractivity contribution is 0.00331. The van der Waals surface area contributed by atoms with Crippen molar-refractivity contribution in [1.29, 1.82) is 0 Å². The lowest BCUT2D eigenvalue weighted by Gasteiger charge is -2.29. The minimum atomic E-state index is 0.116. The summed E-state index contributed by atoms with van der Waals surface area (Å²) in [5, 5.41) is 3.24. The highest BCUT2D eigenvalue weighted by atomic mass is 16.5. The summed E-state index contributed by atoms with van der Waals surface area (Å²) in [4.78, 5) is 0. The summed E-state index contributed by atoms with van der Waals surface area (Å²) >= 11 is 0. The predicted octanol–water partition coefficient (Wildman–Crippen LogP) is 2.34. The summed E-state index contributed by atoms with van der Waals surface area (Å²) in [7, 11) is 1.66. The van der Waals surface area contributed by atoms with Gasteiger partial charge in [0, 0.05) is 18.5 Å². The van der Waals surface area contributed by atoms with E-state index in [2.05, 4.69) is 23.4 Å². The highest BCUT2D eigenvalue weighted by Gasteiger charge is 2.18. The van der Waals surface area contributed by atoms with Crippen LogP contribution in [0.2, 0.25) is 0 Å². The van der Waals surface area contributed by atoms with Gasteiger partial charge >= 0.3 is 0 Å². The van der Waals surface area contributed by atoms with Gasteiger partial charge in [0.05, 0.1) is 26.4 Å². The van der Waals surface area contributed by atoms with Gasteiger partial charge in [0.2, 0.25) is 0 Å². The molecule has 1 N–H and O–H groups in total. The molecule has 20 heavy (non-hydrogen) atoms. The Morgan fingerprint density at radius 1 is 1.30 bits per heavy atom. The molecule has 0 bridgehead atoms. The van der Waals surface area contributed by atoms with Gasteiger partial charge in [-0.1, -0.05) is 12.1 Å². The van der Waals surface area contributed by atoms with Crippen molar-refractivity contribution in [2.45, 2.75) is 13.0 Å². The molecule has 1 aromatic heterocycles. The molecule has 1 aromatic carbocycles. The number of ether oxygens (including phenoxy) is 2. The van der Waals surface area contributed by atoms with Crippen molar-refractivity contribution < 1.29 is 13.9 Å². The minimum absolute atomic E-state index is 0.116. The van der Waals surface area contributed by atoms with Crippen LogP contribution in [0.4, 0.5) is 0 Å². The van der Waals surface area contributed by atoms with Crippen molar-refractivity contribution in [3.8, 4) is 5.75 Å². The predicted molar refractivity (Wildman–Crippen MR) is 76.7 cm³/mol. The maximum Gasteiger partial charge on any atom is 0.176 e. The number of fused-ring (bicyclic) bond motifs is 1. The van der Waals surface area contributed by atoms with Gasteiger partial charge in [-0.05, 0) is 19.1 Å². The summed E-state index contributed by atoms with van der Waals surface area (Å²) in [5.41, 5.74) is 4.26. The minimum Gasteiger partial charge on any atom is -0.493 e. The van der Waals surface area contributed by atoms with E-state index >= 15 is 0 Å². The molecule has 5 nitrogen and oxygen atoms in total. The third kappa shape index (κ3) is 2.65. The van der Waals surface area contributed by atoms with Crippen LogP contribution in [0.25, 0.3) is 11.0 Å². The Kier molecular flexibility index (Phi) is 3.91. The Balaban J connectivity index is 1.78. The van der Waals surface area contributed by atoms with Gasteiger partial charge in [-0.3, -0.25) is 0 Å². The number of para-hydroxylation sites is 1. The highest BCUT2D eigenvalue weighted by Crippen LogP contribution is 2.30. The topological polar surface area (TPSA) is 46.9 Å². The Hall–Kier alpha value is -1.56. The fourth-order valence-electron chi connectivity index (χ4n) is 2.46. The fraction of sp³-hybridized carbons (Fsp3) is 0.467. The molecule has 0 saturated carbocycles. The molecule has 0 radical (unpaired) electrons. The molecule has 1 fully saturated rings. The Labute approximate surface area is 118 Å². The highest BCUT2D eigenvalue weighted by molar-refractivity contribution is 5.83. The molecular weight excluding hydrogens is 256 g/mol. The van der Waals surface area contributed by atoms with E-state index in [-0.39, 0.29) is 6.04 Å². The average molecular weight is 276 g/mol. The molecule has 0 spiro atoms. The largest absolute Gasteiger partial charge is 0.493 e. The molecular formula is C15H20N2O3. The van der Waals surface area contributed by atoms with Gasteiger partial charge in [0.1, 0.15) is 5.76 Å². The van der Waals surface area contributed by atoms with Crippen LogP contribution in [-0.2, 0) is 4.74 Å². The van der Waals surface area contributed by atoms with Crippen molar-refractivity contribution >= 4 is 11.0 Å². The van der Waals surface area contributed by atoms with Crippen LogP contribution in [0.1, 0.15) is 18.7 Å².